The number of nitrogens with two attached hydrogens (primary N) is 1. The molecular formula is C11H13N3O4. The van der Waals surface area contributed by atoms with Gasteiger partial charge < -0.3 is 15.8 Å². The lowest BCUT2D eigenvalue weighted by Crippen LogP contribution is -2.29. The molecule has 1 saturated carbocycles. The Hall–Kier alpha value is -2.15. The number of hydrogen-bond acceptors (Lipinski definition) is 5. The number of rotatable bonds is 4. The summed E-state index contributed by atoms with van der Waals surface area (Å²) in [5.41, 5.74) is 5.57. The molecule has 1 aliphatic rings. The zero-order valence-electron chi connectivity index (χ0n) is 9.75. The molecule has 7 nitrogen and oxygen atoms in total. The first-order chi connectivity index (χ1) is 8.52. The number of carbonyl (C=O) groups excluding carboxylic acids is 1. The summed E-state index contributed by atoms with van der Waals surface area (Å²) in [6.07, 6.45) is 0.740. The Morgan fingerprint density at radius 1 is 1.61 bits per heavy atom. The van der Waals surface area contributed by atoms with Crippen LogP contribution in [0.3, 0.4) is 0 Å². The summed E-state index contributed by atoms with van der Waals surface area (Å²) in [7, 11) is 1.34. The van der Waals surface area contributed by atoms with Crippen molar-refractivity contribution in [3.63, 3.8) is 0 Å². The number of nitrogens with zero attached hydrogens (tertiary/aromatic N) is 1. The highest BCUT2D eigenvalue weighted by atomic mass is 16.6. The molecule has 2 unspecified atom stereocenters. The highest BCUT2D eigenvalue weighted by Crippen LogP contribution is 2.28. The molecule has 0 radical (unpaired) electrons. The van der Waals surface area contributed by atoms with Crippen molar-refractivity contribution in [3.8, 4) is 5.75 Å². The van der Waals surface area contributed by atoms with Crippen LogP contribution in [-0.4, -0.2) is 30.0 Å². The first-order valence-electron chi connectivity index (χ1n) is 5.42. The molecule has 1 aromatic rings. The number of amides is 1. The fourth-order valence-electron chi connectivity index (χ4n) is 1.61. The third kappa shape index (κ3) is 2.40. The third-order valence-electron chi connectivity index (χ3n) is 2.79. The van der Waals surface area contributed by atoms with E-state index in [1.807, 2.05) is 0 Å². The molecule has 7 heteroatoms. The van der Waals surface area contributed by atoms with E-state index in [-0.39, 0.29) is 35.0 Å². The molecule has 0 saturated heterocycles. The van der Waals surface area contributed by atoms with Crippen molar-refractivity contribution < 1.29 is 14.5 Å². The molecule has 1 amide bonds. The number of ether oxygens (including phenoxy) is 1. The van der Waals surface area contributed by atoms with Gasteiger partial charge in [0.05, 0.1) is 12.0 Å². The molecule has 1 aliphatic carbocycles. The van der Waals surface area contributed by atoms with E-state index in [0.29, 0.717) is 0 Å². The van der Waals surface area contributed by atoms with Crippen LogP contribution in [0.25, 0.3) is 0 Å². The smallest absolute Gasteiger partial charge is 0.311 e. The van der Waals surface area contributed by atoms with Crippen LogP contribution in [0.5, 0.6) is 5.75 Å². The van der Waals surface area contributed by atoms with Crippen LogP contribution in [0.4, 0.5) is 5.69 Å². The van der Waals surface area contributed by atoms with Gasteiger partial charge in [0.25, 0.3) is 5.91 Å². The predicted octanol–water partition coefficient (Wildman–Crippen LogP) is 0.433. The summed E-state index contributed by atoms with van der Waals surface area (Å²) in [5.74, 6) is -0.238. The van der Waals surface area contributed by atoms with E-state index >= 15 is 0 Å². The Kier molecular flexibility index (Phi) is 3.15. The van der Waals surface area contributed by atoms with Crippen molar-refractivity contribution in [1.82, 2.24) is 5.32 Å². The molecule has 0 spiro atoms. The van der Waals surface area contributed by atoms with Gasteiger partial charge in [-0.2, -0.15) is 0 Å². The lowest BCUT2D eigenvalue weighted by Gasteiger charge is -2.06. The van der Waals surface area contributed by atoms with Gasteiger partial charge in [0.15, 0.2) is 5.75 Å². The highest BCUT2D eigenvalue weighted by Gasteiger charge is 2.35. The summed E-state index contributed by atoms with van der Waals surface area (Å²) in [4.78, 5) is 22.0. The maximum Gasteiger partial charge on any atom is 0.311 e. The van der Waals surface area contributed by atoms with E-state index in [0.717, 1.165) is 6.42 Å². The van der Waals surface area contributed by atoms with Crippen LogP contribution in [0.1, 0.15) is 16.8 Å². The minimum Gasteiger partial charge on any atom is -0.490 e. The zero-order valence-corrected chi connectivity index (χ0v) is 9.75. The maximum atomic E-state index is 11.8. The van der Waals surface area contributed by atoms with Crippen molar-refractivity contribution in [2.75, 3.05) is 7.11 Å². The zero-order chi connectivity index (χ0) is 13.3. The molecule has 0 aliphatic heterocycles. The number of nitro groups is 1. The molecule has 3 N–H and O–H groups in total. The number of nitro benzene ring substituents is 1. The summed E-state index contributed by atoms with van der Waals surface area (Å²) in [6.45, 7) is 0. The molecule has 2 rings (SSSR count). The number of nitrogens with one attached hydrogen (secondary N) is 1. The second-order valence-electron chi connectivity index (χ2n) is 4.12. The van der Waals surface area contributed by atoms with Crippen molar-refractivity contribution >= 4 is 11.6 Å². The molecule has 0 bridgehead atoms. The first-order valence-corrected chi connectivity index (χ1v) is 5.42. The Bertz CT molecular complexity index is 503. The Labute approximate surface area is 103 Å². The molecule has 1 fully saturated rings. The van der Waals surface area contributed by atoms with E-state index in [1.165, 1.54) is 25.3 Å². The van der Waals surface area contributed by atoms with Gasteiger partial charge in [-0.25, -0.2) is 0 Å². The van der Waals surface area contributed by atoms with Gasteiger partial charge >= 0.3 is 5.69 Å². The molecule has 96 valence electrons. The number of carbonyl (C=O) groups is 1. The Morgan fingerprint density at radius 2 is 2.28 bits per heavy atom. The maximum absolute atomic E-state index is 11.8. The van der Waals surface area contributed by atoms with Gasteiger partial charge in [0.1, 0.15) is 0 Å². The molecular weight excluding hydrogens is 238 g/mol. The fourth-order valence-corrected chi connectivity index (χ4v) is 1.61. The van der Waals surface area contributed by atoms with Crippen LogP contribution in [0.2, 0.25) is 0 Å². The van der Waals surface area contributed by atoms with Gasteiger partial charge in [-0.05, 0) is 18.6 Å². The third-order valence-corrected chi connectivity index (χ3v) is 2.79. The van der Waals surface area contributed by atoms with Gasteiger partial charge in [0, 0.05) is 23.7 Å². The van der Waals surface area contributed by atoms with Gasteiger partial charge in [-0.15, -0.1) is 0 Å². The topological polar surface area (TPSA) is 107 Å². The molecule has 0 heterocycles. The van der Waals surface area contributed by atoms with Crippen molar-refractivity contribution in [3.05, 3.63) is 33.9 Å². The summed E-state index contributed by atoms with van der Waals surface area (Å²) >= 11 is 0. The Morgan fingerprint density at radius 3 is 2.78 bits per heavy atom. The predicted molar refractivity (Wildman–Crippen MR) is 63.5 cm³/mol. The standard InChI is InChI=1S/C11H13N3O4/c1-18-10-3-2-6(4-9(10)14(16)17)11(15)13-8-5-7(8)12/h2-4,7-8H,5,12H2,1H3,(H,13,15). The normalized spacial score (nSPS) is 21.2. The minimum absolute atomic E-state index is 0.0119. The van der Waals surface area contributed by atoms with Gasteiger partial charge in [0.2, 0.25) is 0 Å². The second kappa shape index (κ2) is 4.61. The van der Waals surface area contributed by atoms with Crippen LogP contribution >= 0.6 is 0 Å². The van der Waals surface area contributed by atoms with Gasteiger partial charge in [-0.3, -0.25) is 14.9 Å². The largest absolute Gasteiger partial charge is 0.490 e. The van der Waals surface area contributed by atoms with Crippen LogP contribution in [0, 0.1) is 10.1 Å². The Balaban J connectivity index is 2.20. The van der Waals surface area contributed by atoms with E-state index in [2.05, 4.69) is 5.32 Å². The molecule has 0 aromatic heterocycles. The summed E-state index contributed by atoms with van der Waals surface area (Å²) < 4.78 is 4.86. The summed E-state index contributed by atoms with van der Waals surface area (Å²) in [5, 5.41) is 13.5. The summed E-state index contributed by atoms with van der Waals surface area (Å²) in [6, 6.07) is 4.04. The highest BCUT2D eigenvalue weighted by molar-refractivity contribution is 5.95. The van der Waals surface area contributed by atoms with Crippen LogP contribution in [0.15, 0.2) is 18.2 Å². The fraction of sp³-hybridized carbons (Fsp3) is 0.364. The second-order valence-corrected chi connectivity index (χ2v) is 4.12. The number of benzene rings is 1. The lowest BCUT2D eigenvalue weighted by molar-refractivity contribution is -0.385. The number of hydrogen-bond donors (Lipinski definition) is 2. The van der Waals surface area contributed by atoms with E-state index in [4.69, 9.17) is 10.5 Å². The van der Waals surface area contributed by atoms with Crippen molar-refractivity contribution in [1.29, 1.82) is 0 Å². The monoisotopic (exact) mass is 251 g/mol. The van der Waals surface area contributed by atoms with Crippen LogP contribution in [-0.2, 0) is 0 Å². The van der Waals surface area contributed by atoms with Gasteiger partial charge in [-0.1, -0.05) is 0 Å². The van der Waals surface area contributed by atoms with Crippen LogP contribution < -0.4 is 15.8 Å². The van der Waals surface area contributed by atoms with E-state index < -0.39 is 4.92 Å². The van der Waals surface area contributed by atoms with E-state index in [9.17, 15) is 14.9 Å². The van der Waals surface area contributed by atoms with E-state index in [1.54, 1.807) is 0 Å². The average molecular weight is 251 g/mol. The minimum atomic E-state index is -0.585. The first kappa shape index (κ1) is 12.3. The molecule has 18 heavy (non-hydrogen) atoms. The van der Waals surface area contributed by atoms with Crippen molar-refractivity contribution in [2.45, 2.75) is 18.5 Å². The quantitative estimate of drug-likeness (QED) is 0.596. The average Bonchev–Trinajstić information content (AvgIpc) is 3.03. The lowest BCUT2D eigenvalue weighted by atomic mass is 10.1. The van der Waals surface area contributed by atoms with Crippen molar-refractivity contribution in [2.24, 2.45) is 5.73 Å². The molecule has 2 atom stereocenters. The SMILES string of the molecule is COc1ccc(C(=O)NC2CC2N)cc1[N+](=O)[O-]. The number of methoxy groups -OCH3 is 1. The molecule has 1 aromatic carbocycles.